The fourth-order valence-electron chi connectivity index (χ4n) is 4.14. The van der Waals surface area contributed by atoms with E-state index < -0.39 is 0 Å². The summed E-state index contributed by atoms with van der Waals surface area (Å²) < 4.78 is 18.3. The fraction of sp³-hybridized carbons (Fsp3) is 0.310. The number of rotatable bonds is 11. The Balaban J connectivity index is 1.85. The molecule has 0 bridgehead atoms. The number of methoxy groups -OCH3 is 2. The molecule has 2 N–H and O–H groups in total. The Kier molecular flexibility index (Phi) is 8.97. The molecule has 0 atom stereocenters. The summed E-state index contributed by atoms with van der Waals surface area (Å²) in [6.07, 6.45) is 4.78. The second-order valence-electron chi connectivity index (χ2n) is 9.49. The molecule has 0 aliphatic rings. The number of aryl methyl sites for hydroxylation is 1. The number of amides is 1. The van der Waals surface area contributed by atoms with Crippen molar-refractivity contribution in [2.75, 3.05) is 65.8 Å². The molecule has 1 amide bonds. The van der Waals surface area contributed by atoms with Crippen LogP contribution in [0.4, 0.5) is 11.5 Å². The van der Waals surface area contributed by atoms with Crippen molar-refractivity contribution in [1.29, 1.82) is 0 Å². The van der Waals surface area contributed by atoms with Crippen molar-refractivity contribution in [3.63, 3.8) is 0 Å². The standard InChI is InChI=1S/C29H35N7O4/c1-19-9-10-20(14-24(19)39-6)27-26-28(30)31-18-32-29(26)36(33-27)22-15-21(16-23(17-22)40-13-12-38-5)35(4)25(37)8-7-11-34(2)3/h7-10,14-18H,11-13H2,1-6H3,(H2,30,31,32)/b8-7+. The van der Waals surface area contributed by atoms with Crippen molar-refractivity contribution in [1.82, 2.24) is 24.6 Å². The van der Waals surface area contributed by atoms with Gasteiger partial charge in [0.2, 0.25) is 5.91 Å². The molecule has 0 aliphatic heterocycles. The highest BCUT2D eigenvalue weighted by Crippen LogP contribution is 2.35. The lowest BCUT2D eigenvalue weighted by atomic mass is 10.1. The molecule has 11 nitrogen and oxygen atoms in total. The smallest absolute Gasteiger partial charge is 0.250 e. The highest BCUT2D eigenvalue weighted by molar-refractivity contribution is 6.02. The molecule has 0 radical (unpaired) electrons. The van der Waals surface area contributed by atoms with E-state index in [1.807, 2.05) is 62.3 Å². The first-order valence-corrected chi connectivity index (χ1v) is 12.7. The number of hydrogen-bond acceptors (Lipinski definition) is 9. The van der Waals surface area contributed by atoms with Crippen LogP contribution in [-0.2, 0) is 9.53 Å². The number of carbonyl (C=O) groups excluding carboxylic acids is 1. The van der Waals surface area contributed by atoms with Crippen LogP contribution in [0, 0.1) is 6.92 Å². The van der Waals surface area contributed by atoms with Crippen LogP contribution in [0.2, 0.25) is 0 Å². The van der Waals surface area contributed by atoms with Crippen molar-refractivity contribution in [2.45, 2.75) is 6.92 Å². The topological polar surface area (TPSA) is 121 Å². The molecule has 0 aliphatic carbocycles. The molecule has 2 aromatic carbocycles. The summed E-state index contributed by atoms with van der Waals surface area (Å²) in [6.45, 7) is 3.37. The number of carbonyl (C=O) groups is 1. The maximum absolute atomic E-state index is 13.0. The normalized spacial score (nSPS) is 11.5. The van der Waals surface area contributed by atoms with Crippen LogP contribution < -0.4 is 20.1 Å². The molecule has 0 saturated carbocycles. The Morgan fingerprint density at radius 1 is 1.07 bits per heavy atom. The van der Waals surface area contributed by atoms with Gasteiger partial charge in [0.25, 0.3) is 0 Å². The molecular formula is C29H35N7O4. The zero-order valence-electron chi connectivity index (χ0n) is 23.7. The van der Waals surface area contributed by atoms with Gasteiger partial charge in [-0.05, 0) is 38.7 Å². The molecule has 210 valence electrons. The first kappa shape index (κ1) is 28.5. The second kappa shape index (κ2) is 12.6. The first-order valence-electron chi connectivity index (χ1n) is 12.7. The zero-order chi connectivity index (χ0) is 28.8. The number of nitrogens with zero attached hydrogens (tertiary/aromatic N) is 6. The van der Waals surface area contributed by atoms with Crippen LogP contribution >= 0.6 is 0 Å². The van der Waals surface area contributed by atoms with Gasteiger partial charge >= 0.3 is 0 Å². The van der Waals surface area contributed by atoms with E-state index in [0.717, 1.165) is 16.9 Å². The molecule has 0 fully saturated rings. The summed E-state index contributed by atoms with van der Waals surface area (Å²) in [6, 6.07) is 11.3. The number of benzene rings is 2. The summed E-state index contributed by atoms with van der Waals surface area (Å²) in [7, 11) is 8.84. The summed E-state index contributed by atoms with van der Waals surface area (Å²) in [5.41, 5.74) is 10.5. The number of fused-ring (bicyclic) bond motifs is 1. The number of aromatic nitrogens is 4. The number of nitrogens with two attached hydrogens (primary N) is 1. The van der Waals surface area contributed by atoms with Gasteiger partial charge in [0.15, 0.2) is 5.65 Å². The Bertz CT molecular complexity index is 1530. The summed E-state index contributed by atoms with van der Waals surface area (Å²) in [5, 5.41) is 5.53. The van der Waals surface area contributed by atoms with Crippen LogP contribution in [0.25, 0.3) is 28.0 Å². The zero-order valence-corrected chi connectivity index (χ0v) is 23.7. The minimum atomic E-state index is -0.175. The van der Waals surface area contributed by atoms with Gasteiger partial charge in [-0.15, -0.1) is 0 Å². The predicted octanol–water partition coefficient (Wildman–Crippen LogP) is 3.49. The quantitative estimate of drug-likeness (QED) is 0.223. The number of anilines is 2. The van der Waals surface area contributed by atoms with Crippen molar-refractivity contribution in [2.24, 2.45) is 0 Å². The second-order valence-corrected chi connectivity index (χ2v) is 9.49. The van der Waals surface area contributed by atoms with E-state index in [-0.39, 0.29) is 5.91 Å². The molecule has 4 rings (SSSR count). The SMILES string of the molecule is COCCOc1cc(N(C)C(=O)/C=C/CN(C)C)cc(-n2nc(-c3ccc(C)c(OC)c3)c3c(N)ncnc32)c1. The third-order valence-electron chi connectivity index (χ3n) is 6.30. The Morgan fingerprint density at radius 3 is 2.60 bits per heavy atom. The van der Waals surface area contributed by atoms with Crippen molar-refractivity contribution in [3.05, 3.63) is 60.4 Å². The fourth-order valence-corrected chi connectivity index (χ4v) is 4.14. The third kappa shape index (κ3) is 6.22. The van der Waals surface area contributed by atoms with E-state index in [1.165, 1.54) is 6.33 Å². The van der Waals surface area contributed by atoms with Gasteiger partial charge in [0, 0.05) is 50.2 Å². The molecule has 0 saturated heterocycles. The lowest BCUT2D eigenvalue weighted by molar-refractivity contribution is -0.113. The molecule has 40 heavy (non-hydrogen) atoms. The van der Waals surface area contributed by atoms with Crippen molar-refractivity contribution >= 4 is 28.4 Å². The van der Waals surface area contributed by atoms with Crippen LogP contribution in [0.1, 0.15) is 5.56 Å². The number of likely N-dealkylation sites (N-methyl/N-ethyl adjacent to an activating group) is 2. The Hall–Kier alpha value is -4.48. The first-order chi connectivity index (χ1) is 19.2. The molecule has 0 spiro atoms. The lowest BCUT2D eigenvalue weighted by Gasteiger charge is -2.19. The maximum Gasteiger partial charge on any atom is 0.250 e. The molecule has 11 heteroatoms. The average Bonchev–Trinajstić information content (AvgIpc) is 3.34. The molecule has 2 aromatic heterocycles. The van der Waals surface area contributed by atoms with Crippen molar-refractivity contribution in [3.8, 4) is 28.4 Å². The van der Waals surface area contributed by atoms with Crippen LogP contribution in [0.15, 0.2) is 54.9 Å². The van der Waals surface area contributed by atoms with Gasteiger partial charge < -0.3 is 29.7 Å². The van der Waals surface area contributed by atoms with Crippen molar-refractivity contribution < 1.29 is 19.0 Å². The van der Waals surface area contributed by atoms with Gasteiger partial charge in [0.1, 0.15) is 35.9 Å². The summed E-state index contributed by atoms with van der Waals surface area (Å²) >= 11 is 0. The summed E-state index contributed by atoms with van der Waals surface area (Å²) in [5.74, 6) is 1.41. The minimum absolute atomic E-state index is 0.175. The van der Waals surface area contributed by atoms with E-state index in [0.29, 0.717) is 59.4 Å². The molecular weight excluding hydrogens is 510 g/mol. The molecule has 2 heterocycles. The van der Waals surface area contributed by atoms with E-state index in [2.05, 4.69) is 9.97 Å². The van der Waals surface area contributed by atoms with E-state index in [4.69, 9.17) is 25.0 Å². The van der Waals surface area contributed by atoms with Gasteiger partial charge in [-0.3, -0.25) is 4.79 Å². The monoisotopic (exact) mass is 545 g/mol. The van der Waals surface area contributed by atoms with Crippen LogP contribution in [0.3, 0.4) is 0 Å². The average molecular weight is 546 g/mol. The van der Waals surface area contributed by atoms with Gasteiger partial charge in [-0.25, -0.2) is 14.6 Å². The van der Waals surface area contributed by atoms with Gasteiger partial charge in [-0.2, -0.15) is 5.10 Å². The molecule has 4 aromatic rings. The number of ether oxygens (including phenoxy) is 3. The highest BCUT2D eigenvalue weighted by Gasteiger charge is 2.21. The third-order valence-corrected chi connectivity index (χ3v) is 6.30. The number of hydrogen-bond donors (Lipinski definition) is 1. The minimum Gasteiger partial charge on any atom is -0.496 e. The highest BCUT2D eigenvalue weighted by atomic mass is 16.5. The van der Waals surface area contributed by atoms with Crippen LogP contribution in [0.5, 0.6) is 11.5 Å². The maximum atomic E-state index is 13.0. The van der Waals surface area contributed by atoms with Gasteiger partial charge in [-0.1, -0.05) is 18.2 Å². The number of nitrogen functional groups attached to an aromatic ring is 1. The van der Waals surface area contributed by atoms with E-state index in [1.54, 1.807) is 43.0 Å². The molecule has 0 unspecified atom stereocenters. The van der Waals surface area contributed by atoms with E-state index in [9.17, 15) is 4.79 Å². The lowest BCUT2D eigenvalue weighted by Crippen LogP contribution is -2.24. The van der Waals surface area contributed by atoms with Crippen LogP contribution in [-0.4, -0.2) is 85.7 Å². The van der Waals surface area contributed by atoms with Gasteiger partial charge in [0.05, 0.1) is 24.8 Å². The summed E-state index contributed by atoms with van der Waals surface area (Å²) in [4.78, 5) is 25.2. The van der Waals surface area contributed by atoms with E-state index >= 15 is 0 Å². The largest absolute Gasteiger partial charge is 0.496 e. The Labute approximate surface area is 233 Å². The Morgan fingerprint density at radius 2 is 1.88 bits per heavy atom. The predicted molar refractivity (Wildman–Crippen MR) is 156 cm³/mol.